The fraction of sp³-hybridized carbons (Fsp3) is 0.769. The molecular formula is C13H23NO6. The van der Waals surface area contributed by atoms with Gasteiger partial charge in [-0.05, 0) is 41.5 Å². The van der Waals surface area contributed by atoms with Crippen LogP contribution in [-0.4, -0.2) is 46.9 Å². The van der Waals surface area contributed by atoms with Crippen LogP contribution in [0, 0.1) is 5.41 Å². The van der Waals surface area contributed by atoms with Crippen molar-refractivity contribution in [3.05, 3.63) is 0 Å². The van der Waals surface area contributed by atoms with E-state index in [2.05, 4.69) is 0 Å². The van der Waals surface area contributed by atoms with Crippen molar-refractivity contribution in [1.29, 1.82) is 0 Å². The third-order valence-corrected chi connectivity index (χ3v) is 2.31. The van der Waals surface area contributed by atoms with Gasteiger partial charge in [0.05, 0.1) is 5.41 Å². The second kappa shape index (κ2) is 6.58. The molecule has 1 N–H and O–H groups in total. The van der Waals surface area contributed by atoms with Crippen LogP contribution < -0.4 is 0 Å². The fourth-order valence-corrected chi connectivity index (χ4v) is 1.14. The molecule has 1 amide bonds. The van der Waals surface area contributed by atoms with Gasteiger partial charge in [0, 0.05) is 5.54 Å². The van der Waals surface area contributed by atoms with Crippen molar-refractivity contribution in [1.82, 2.24) is 4.90 Å². The van der Waals surface area contributed by atoms with E-state index in [4.69, 9.17) is 14.6 Å². The molecular weight excluding hydrogens is 266 g/mol. The van der Waals surface area contributed by atoms with Gasteiger partial charge in [0.1, 0.15) is 6.54 Å². The van der Waals surface area contributed by atoms with E-state index in [1.54, 1.807) is 41.5 Å². The summed E-state index contributed by atoms with van der Waals surface area (Å²) in [6.45, 7) is 9.01. The molecule has 0 atom stereocenters. The van der Waals surface area contributed by atoms with Gasteiger partial charge in [-0.25, -0.2) is 4.79 Å². The molecule has 116 valence electrons. The summed E-state index contributed by atoms with van der Waals surface area (Å²) in [4.78, 5) is 35.1. The van der Waals surface area contributed by atoms with Crippen molar-refractivity contribution in [2.24, 2.45) is 5.41 Å². The Hall–Kier alpha value is -1.79. The first-order valence-corrected chi connectivity index (χ1v) is 6.19. The molecule has 0 spiro atoms. The number of esters is 1. The number of carbonyl (C=O) groups excluding carboxylic acids is 2. The van der Waals surface area contributed by atoms with Gasteiger partial charge >= 0.3 is 18.0 Å². The van der Waals surface area contributed by atoms with E-state index < -0.39 is 42.3 Å². The van der Waals surface area contributed by atoms with E-state index in [0.29, 0.717) is 0 Å². The van der Waals surface area contributed by atoms with E-state index in [0.717, 1.165) is 4.90 Å². The van der Waals surface area contributed by atoms with Gasteiger partial charge in [-0.3, -0.25) is 14.5 Å². The standard InChI is InChI=1S/C13H23NO6/c1-12(2,3)10(17)19-8-20-11(18)14(7-9(15)16)13(4,5)6/h7-8H2,1-6H3,(H,15,16). The van der Waals surface area contributed by atoms with Gasteiger partial charge in [0.15, 0.2) is 0 Å². The van der Waals surface area contributed by atoms with E-state index in [1.165, 1.54) is 0 Å². The van der Waals surface area contributed by atoms with Crippen molar-refractivity contribution in [2.75, 3.05) is 13.3 Å². The molecule has 0 saturated carbocycles. The van der Waals surface area contributed by atoms with Gasteiger partial charge in [0.2, 0.25) is 6.79 Å². The van der Waals surface area contributed by atoms with Gasteiger partial charge in [0.25, 0.3) is 0 Å². The van der Waals surface area contributed by atoms with Crippen molar-refractivity contribution >= 4 is 18.0 Å². The van der Waals surface area contributed by atoms with Crippen LogP contribution in [0.25, 0.3) is 0 Å². The minimum absolute atomic E-state index is 0.491. The molecule has 0 aromatic heterocycles. The van der Waals surface area contributed by atoms with Crippen LogP contribution in [0.2, 0.25) is 0 Å². The largest absolute Gasteiger partial charge is 0.480 e. The van der Waals surface area contributed by atoms with Crippen LogP contribution in [0.3, 0.4) is 0 Å². The van der Waals surface area contributed by atoms with Crippen molar-refractivity contribution in [3.63, 3.8) is 0 Å². The van der Waals surface area contributed by atoms with Gasteiger partial charge in [-0.1, -0.05) is 0 Å². The normalized spacial score (nSPS) is 11.7. The Bertz CT molecular complexity index is 377. The number of carboxylic acid groups (broad SMARTS) is 1. The number of rotatable bonds is 4. The predicted molar refractivity (Wildman–Crippen MR) is 71.0 cm³/mol. The lowest BCUT2D eigenvalue weighted by molar-refractivity contribution is -0.162. The number of hydrogen-bond acceptors (Lipinski definition) is 5. The molecule has 0 aromatic rings. The average molecular weight is 289 g/mol. The number of hydrogen-bond donors (Lipinski definition) is 1. The molecule has 0 unspecified atom stereocenters. The maximum Gasteiger partial charge on any atom is 0.413 e. The lowest BCUT2D eigenvalue weighted by Gasteiger charge is -2.33. The number of nitrogens with zero attached hydrogens (tertiary/aromatic N) is 1. The third kappa shape index (κ3) is 6.40. The molecule has 20 heavy (non-hydrogen) atoms. The van der Waals surface area contributed by atoms with E-state index in [9.17, 15) is 14.4 Å². The minimum Gasteiger partial charge on any atom is -0.480 e. The first-order chi connectivity index (χ1) is 8.85. The van der Waals surface area contributed by atoms with Gasteiger partial charge < -0.3 is 14.6 Å². The maximum absolute atomic E-state index is 11.8. The first-order valence-electron chi connectivity index (χ1n) is 6.19. The highest BCUT2D eigenvalue weighted by Crippen LogP contribution is 2.16. The summed E-state index contributed by atoms with van der Waals surface area (Å²) in [5.41, 5.74) is -1.42. The summed E-state index contributed by atoms with van der Waals surface area (Å²) in [5, 5.41) is 8.78. The van der Waals surface area contributed by atoms with E-state index in [-0.39, 0.29) is 0 Å². The number of carboxylic acids is 1. The second-order valence-corrected chi connectivity index (χ2v) is 6.36. The molecule has 0 aliphatic rings. The maximum atomic E-state index is 11.8. The Labute approximate surface area is 118 Å². The van der Waals surface area contributed by atoms with Crippen LogP contribution in [0.5, 0.6) is 0 Å². The molecule has 0 rings (SSSR count). The number of carbonyl (C=O) groups is 3. The fourth-order valence-electron chi connectivity index (χ4n) is 1.14. The minimum atomic E-state index is -1.15. The van der Waals surface area contributed by atoms with Crippen molar-refractivity contribution in [2.45, 2.75) is 47.1 Å². The summed E-state index contributed by atoms with van der Waals surface area (Å²) in [6, 6.07) is 0. The van der Waals surface area contributed by atoms with Crippen LogP contribution in [0.1, 0.15) is 41.5 Å². The SMILES string of the molecule is CC(C)(C)C(=O)OCOC(=O)N(CC(=O)O)C(C)(C)C. The number of amides is 1. The highest BCUT2D eigenvalue weighted by molar-refractivity contribution is 5.78. The Morgan fingerprint density at radius 2 is 1.50 bits per heavy atom. The number of ether oxygens (including phenoxy) is 2. The second-order valence-electron chi connectivity index (χ2n) is 6.36. The zero-order valence-electron chi connectivity index (χ0n) is 12.8. The zero-order valence-corrected chi connectivity index (χ0v) is 12.8. The van der Waals surface area contributed by atoms with Crippen LogP contribution in [-0.2, 0) is 19.1 Å². The molecule has 7 nitrogen and oxygen atoms in total. The predicted octanol–water partition coefficient (Wildman–Crippen LogP) is 1.85. The van der Waals surface area contributed by atoms with Crippen molar-refractivity contribution < 1.29 is 29.0 Å². The average Bonchev–Trinajstić information content (AvgIpc) is 2.22. The Balaban J connectivity index is 4.50. The molecule has 0 fully saturated rings. The molecule has 0 bridgehead atoms. The summed E-state index contributed by atoms with van der Waals surface area (Å²) >= 11 is 0. The summed E-state index contributed by atoms with van der Waals surface area (Å²) in [7, 11) is 0. The molecule has 0 radical (unpaired) electrons. The number of aliphatic carboxylic acids is 1. The zero-order chi connectivity index (χ0) is 16.1. The summed E-state index contributed by atoms with van der Waals surface area (Å²) < 4.78 is 9.57. The monoisotopic (exact) mass is 289 g/mol. The highest BCUT2D eigenvalue weighted by atomic mass is 16.7. The van der Waals surface area contributed by atoms with Crippen LogP contribution in [0.15, 0.2) is 0 Å². The molecule has 0 saturated heterocycles. The lowest BCUT2D eigenvalue weighted by atomic mass is 9.98. The summed E-state index contributed by atoms with van der Waals surface area (Å²) in [5.74, 6) is -1.66. The Kier molecular flexibility index (Phi) is 5.99. The smallest absolute Gasteiger partial charge is 0.413 e. The molecule has 7 heteroatoms. The highest BCUT2D eigenvalue weighted by Gasteiger charge is 2.30. The van der Waals surface area contributed by atoms with E-state index >= 15 is 0 Å². The Morgan fingerprint density at radius 3 is 1.85 bits per heavy atom. The molecule has 0 aliphatic carbocycles. The van der Waals surface area contributed by atoms with Crippen LogP contribution in [0.4, 0.5) is 4.79 Å². The third-order valence-electron chi connectivity index (χ3n) is 2.31. The van der Waals surface area contributed by atoms with Gasteiger partial charge in [-0.2, -0.15) is 0 Å². The molecule has 0 heterocycles. The molecule has 0 aliphatic heterocycles. The first kappa shape index (κ1) is 18.2. The van der Waals surface area contributed by atoms with E-state index in [1.807, 2.05) is 0 Å². The van der Waals surface area contributed by atoms with Gasteiger partial charge in [-0.15, -0.1) is 0 Å². The topological polar surface area (TPSA) is 93.1 Å². The lowest BCUT2D eigenvalue weighted by Crippen LogP contribution is -2.48. The van der Waals surface area contributed by atoms with Crippen LogP contribution >= 0.6 is 0 Å². The summed E-state index contributed by atoms with van der Waals surface area (Å²) in [6.07, 6.45) is -0.846. The van der Waals surface area contributed by atoms with Crippen molar-refractivity contribution in [3.8, 4) is 0 Å². The molecule has 0 aromatic carbocycles. The Morgan fingerprint density at radius 1 is 1.00 bits per heavy atom. The quantitative estimate of drug-likeness (QED) is 0.627.